The van der Waals surface area contributed by atoms with E-state index in [1.807, 2.05) is 55.6 Å². The second-order valence-electron chi connectivity index (χ2n) is 6.62. The molecule has 0 saturated heterocycles. The molecule has 0 aliphatic heterocycles. The zero-order valence-electron chi connectivity index (χ0n) is 15.7. The molecule has 0 bridgehead atoms. The fourth-order valence-electron chi connectivity index (χ4n) is 3.17. The van der Waals surface area contributed by atoms with Crippen LogP contribution < -0.4 is 10.5 Å². The smallest absolute Gasteiger partial charge is 0.275 e. The fourth-order valence-corrected chi connectivity index (χ4v) is 3.48. The monoisotopic (exact) mass is 393 g/mol. The molecule has 7 heteroatoms. The van der Waals surface area contributed by atoms with Crippen molar-refractivity contribution in [3.8, 4) is 11.1 Å². The lowest BCUT2D eigenvalue weighted by Crippen LogP contribution is -2.16. The van der Waals surface area contributed by atoms with Gasteiger partial charge in [-0.15, -0.1) is 5.10 Å². The van der Waals surface area contributed by atoms with Gasteiger partial charge in [-0.25, -0.2) is 0 Å². The summed E-state index contributed by atoms with van der Waals surface area (Å²) in [6, 6.07) is 17.5. The molecule has 6 nitrogen and oxygen atoms in total. The number of hydrogen-bond donors (Lipinski definition) is 1. The van der Waals surface area contributed by atoms with Gasteiger partial charge in [0.25, 0.3) is 11.5 Å². The molecule has 4 rings (SSSR count). The van der Waals surface area contributed by atoms with Crippen LogP contribution in [0, 0.1) is 0 Å². The van der Waals surface area contributed by atoms with Crippen LogP contribution in [0.2, 0.25) is 5.02 Å². The number of nitrogens with zero attached hydrogens (tertiary/aromatic N) is 4. The van der Waals surface area contributed by atoms with E-state index in [2.05, 4.69) is 22.0 Å². The van der Waals surface area contributed by atoms with E-state index in [0.717, 1.165) is 35.3 Å². The molecule has 0 amide bonds. The Balaban J connectivity index is 1.70. The quantitative estimate of drug-likeness (QED) is 0.543. The molecule has 0 fully saturated rings. The van der Waals surface area contributed by atoms with Gasteiger partial charge in [0.1, 0.15) is 0 Å². The van der Waals surface area contributed by atoms with E-state index in [9.17, 15) is 4.79 Å². The highest BCUT2D eigenvalue weighted by atomic mass is 35.5. The van der Waals surface area contributed by atoms with Gasteiger partial charge in [-0.05, 0) is 29.7 Å². The Morgan fingerprint density at radius 2 is 1.89 bits per heavy atom. The zero-order chi connectivity index (χ0) is 19.7. The fraction of sp³-hybridized carbons (Fsp3) is 0.190. The maximum absolute atomic E-state index is 12.3. The minimum Gasteiger partial charge on any atom is -0.327 e. The number of rotatable bonds is 5. The van der Waals surface area contributed by atoms with E-state index in [0.29, 0.717) is 16.7 Å². The summed E-state index contributed by atoms with van der Waals surface area (Å²) in [6.45, 7) is 2.06. The molecule has 0 atom stereocenters. The topological polar surface area (TPSA) is 66.3 Å². The number of benzene rings is 2. The number of hydrogen-bond acceptors (Lipinski definition) is 4. The summed E-state index contributed by atoms with van der Waals surface area (Å²) in [5.41, 5.74) is 3.55. The zero-order valence-corrected chi connectivity index (χ0v) is 16.4. The normalized spacial score (nSPS) is 11.1. The van der Waals surface area contributed by atoms with Gasteiger partial charge >= 0.3 is 0 Å². The predicted octanol–water partition coefficient (Wildman–Crippen LogP) is 4.46. The molecule has 4 aromatic rings. The summed E-state index contributed by atoms with van der Waals surface area (Å²) < 4.78 is 1.28. The lowest BCUT2D eigenvalue weighted by molar-refractivity contribution is 0.836. The minimum atomic E-state index is -0.199. The second-order valence-corrected chi connectivity index (χ2v) is 7.03. The molecule has 1 N–H and O–H groups in total. The van der Waals surface area contributed by atoms with Gasteiger partial charge < -0.3 is 9.88 Å². The number of halogens is 1. The van der Waals surface area contributed by atoms with Gasteiger partial charge in [-0.2, -0.15) is 9.50 Å². The maximum Gasteiger partial charge on any atom is 0.275 e. The largest absolute Gasteiger partial charge is 0.327 e. The van der Waals surface area contributed by atoms with Crippen molar-refractivity contribution in [3.63, 3.8) is 0 Å². The highest BCUT2D eigenvalue weighted by Crippen LogP contribution is 2.33. The van der Waals surface area contributed by atoms with Crippen LogP contribution in [-0.4, -0.2) is 26.6 Å². The third-order valence-electron chi connectivity index (χ3n) is 4.61. The van der Waals surface area contributed by atoms with Gasteiger partial charge in [-0.1, -0.05) is 61.3 Å². The Kier molecular flexibility index (Phi) is 4.88. The van der Waals surface area contributed by atoms with Crippen molar-refractivity contribution in [2.45, 2.75) is 19.8 Å². The standard InChI is InChI=1S/C21H20ClN5O/c1-3-7-16-13-19(28)27-20(23-16)24-21(25-27)26(2)18-11-10-15(12-17(18)22)14-8-5-4-6-9-14/h4-6,8-13H,3,7H2,1-2H3,(H,23,24,25). The van der Waals surface area contributed by atoms with Crippen LogP contribution in [0.3, 0.4) is 0 Å². The third-order valence-corrected chi connectivity index (χ3v) is 4.91. The van der Waals surface area contributed by atoms with Crippen molar-refractivity contribution in [2.24, 2.45) is 0 Å². The Morgan fingerprint density at radius 1 is 1.11 bits per heavy atom. The first-order valence-corrected chi connectivity index (χ1v) is 9.52. The van der Waals surface area contributed by atoms with Gasteiger partial charge in [0.15, 0.2) is 0 Å². The summed E-state index contributed by atoms with van der Waals surface area (Å²) in [7, 11) is 1.83. The van der Waals surface area contributed by atoms with Crippen LogP contribution >= 0.6 is 11.6 Å². The first-order valence-electron chi connectivity index (χ1n) is 9.14. The molecule has 0 saturated carbocycles. The average Bonchev–Trinajstić information content (AvgIpc) is 3.13. The number of anilines is 2. The first kappa shape index (κ1) is 18.3. The summed E-state index contributed by atoms with van der Waals surface area (Å²) in [4.78, 5) is 21.7. The summed E-state index contributed by atoms with van der Waals surface area (Å²) in [5.74, 6) is 0.825. The van der Waals surface area contributed by atoms with Crippen LogP contribution in [0.25, 0.3) is 16.9 Å². The molecule has 28 heavy (non-hydrogen) atoms. The summed E-state index contributed by atoms with van der Waals surface area (Å²) >= 11 is 6.55. The first-order chi connectivity index (χ1) is 13.6. The Bertz CT molecular complexity index is 1180. The van der Waals surface area contributed by atoms with Crippen molar-refractivity contribution >= 4 is 29.0 Å². The van der Waals surface area contributed by atoms with Crippen LogP contribution in [0.5, 0.6) is 0 Å². The van der Waals surface area contributed by atoms with Crippen LogP contribution in [0.15, 0.2) is 59.4 Å². The molecule has 2 heterocycles. The Labute approximate surface area is 167 Å². The summed E-state index contributed by atoms with van der Waals surface area (Å²) in [5, 5.41) is 4.92. The molecule has 0 aliphatic carbocycles. The van der Waals surface area contributed by atoms with Crippen molar-refractivity contribution in [1.29, 1.82) is 0 Å². The number of aryl methyl sites for hydroxylation is 1. The van der Waals surface area contributed by atoms with Crippen molar-refractivity contribution in [1.82, 2.24) is 19.6 Å². The number of aromatic nitrogens is 4. The Morgan fingerprint density at radius 3 is 2.61 bits per heavy atom. The highest BCUT2D eigenvalue weighted by molar-refractivity contribution is 6.33. The Hall–Kier alpha value is -3.12. The van der Waals surface area contributed by atoms with E-state index in [4.69, 9.17) is 11.6 Å². The molecule has 0 unspecified atom stereocenters. The van der Waals surface area contributed by atoms with Crippen molar-refractivity contribution in [2.75, 3.05) is 11.9 Å². The molecule has 2 aromatic heterocycles. The van der Waals surface area contributed by atoms with Crippen LogP contribution in [0.4, 0.5) is 11.6 Å². The number of fused-ring (bicyclic) bond motifs is 1. The van der Waals surface area contributed by atoms with E-state index < -0.39 is 0 Å². The average molecular weight is 394 g/mol. The second kappa shape index (κ2) is 7.48. The lowest BCUT2D eigenvalue weighted by Gasteiger charge is -2.17. The lowest BCUT2D eigenvalue weighted by atomic mass is 10.1. The molecular weight excluding hydrogens is 374 g/mol. The molecule has 0 aliphatic rings. The molecule has 0 radical (unpaired) electrons. The summed E-state index contributed by atoms with van der Waals surface area (Å²) in [6.07, 6.45) is 1.73. The number of H-pyrrole nitrogens is 1. The van der Waals surface area contributed by atoms with Crippen LogP contribution in [0.1, 0.15) is 19.0 Å². The van der Waals surface area contributed by atoms with Gasteiger partial charge in [0, 0.05) is 18.8 Å². The van der Waals surface area contributed by atoms with Gasteiger partial charge in [-0.3, -0.25) is 4.79 Å². The molecular formula is C21H20ClN5O. The molecule has 2 aromatic carbocycles. The molecule has 0 spiro atoms. The van der Waals surface area contributed by atoms with E-state index in [1.165, 1.54) is 4.52 Å². The highest BCUT2D eigenvalue weighted by Gasteiger charge is 2.16. The van der Waals surface area contributed by atoms with Gasteiger partial charge in [0.2, 0.25) is 5.78 Å². The SMILES string of the molecule is CCCc1cc(=O)n2nc(N(C)c3ccc(-c4ccccc4)cc3Cl)nc2[nH]1. The van der Waals surface area contributed by atoms with E-state index in [1.54, 1.807) is 11.0 Å². The number of aromatic amines is 1. The predicted molar refractivity (Wildman–Crippen MR) is 113 cm³/mol. The number of nitrogens with one attached hydrogen (secondary N) is 1. The van der Waals surface area contributed by atoms with Crippen LogP contribution in [-0.2, 0) is 6.42 Å². The molecule has 142 valence electrons. The van der Waals surface area contributed by atoms with E-state index in [-0.39, 0.29) is 5.56 Å². The minimum absolute atomic E-state index is 0.199. The van der Waals surface area contributed by atoms with Crippen molar-refractivity contribution < 1.29 is 0 Å². The van der Waals surface area contributed by atoms with Crippen molar-refractivity contribution in [3.05, 3.63) is 75.7 Å². The van der Waals surface area contributed by atoms with Gasteiger partial charge in [0.05, 0.1) is 10.7 Å². The third kappa shape index (κ3) is 3.39. The maximum atomic E-state index is 12.3. The van der Waals surface area contributed by atoms with E-state index >= 15 is 0 Å².